The van der Waals surface area contributed by atoms with E-state index < -0.39 is 0 Å². The first-order valence-electron chi connectivity index (χ1n) is 4.65. The molecule has 1 atom stereocenters. The normalized spacial score (nSPS) is 15.9. The molecule has 0 radical (unpaired) electrons. The lowest BCUT2D eigenvalue weighted by Gasteiger charge is -2.28. The van der Waals surface area contributed by atoms with Crippen LogP contribution < -0.4 is 0 Å². The van der Waals surface area contributed by atoms with E-state index in [0.717, 1.165) is 12.2 Å². The fourth-order valence-electron chi connectivity index (χ4n) is 1.11. The van der Waals surface area contributed by atoms with Gasteiger partial charge < -0.3 is 0 Å². The van der Waals surface area contributed by atoms with Gasteiger partial charge >= 0.3 is 0 Å². The molecule has 0 amide bonds. The quantitative estimate of drug-likeness (QED) is 0.458. The van der Waals surface area contributed by atoms with Gasteiger partial charge in [0.1, 0.15) is 0 Å². The standard InChI is InChI=1S/C11H20S2/c1-5-8-10-13-11(7-3,12-4)9-6-2/h5-6,8H,2,7,9-10H2,1,3-4H3. The van der Waals surface area contributed by atoms with Crippen LogP contribution in [-0.4, -0.2) is 16.1 Å². The van der Waals surface area contributed by atoms with Crippen molar-refractivity contribution in [1.82, 2.24) is 0 Å². The highest BCUT2D eigenvalue weighted by Crippen LogP contribution is 2.41. The monoisotopic (exact) mass is 216 g/mol. The Morgan fingerprint density at radius 2 is 2.15 bits per heavy atom. The van der Waals surface area contributed by atoms with Crippen LogP contribution in [0.15, 0.2) is 24.8 Å². The Morgan fingerprint density at radius 3 is 2.54 bits per heavy atom. The zero-order chi connectivity index (χ0) is 10.2. The van der Waals surface area contributed by atoms with Gasteiger partial charge in [0.15, 0.2) is 0 Å². The second-order valence-corrected chi connectivity index (χ2v) is 5.69. The molecule has 0 aromatic heterocycles. The minimum Gasteiger partial charge on any atom is -0.147 e. The van der Waals surface area contributed by atoms with Crippen LogP contribution in [0, 0.1) is 0 Å². The van der Waals surface area contributed by atoms with Crippen molar-refractivity contribution in [3.05, 3.63) is 24.8 Å². The van der Waals surface area contributed by atoms with E-state index in [9.17, 15) is 0 Å². The topological polar surface area (TPSA) is 0 Å². The number of hydrogen-bond acceptors (Lipinski definition) is 2. The molecule has 0 heterocycles. The second kappa shape index (κ2) is 7.57. The molecule has 0 N–H and O–H groups in total. The van der Waals surface area contributed by atoms with Crippen molar-refractivity contribution in [3.8, 4) is 0 Å². The Balaban J connectivity index is 4.11. The van der Waals surface area contributed by atoms with E-state index in [-0.39, 0.29) is 0 Å². The summed E-state index contributed by atoms with van der Waals surface area (Å²) in [4.78, 5) is 0. The van der Waals surface area contributed by atoms with Crippen molar-refractivity contribution in [2.75, 3.05) is 12.0 Å². The van der Waals surface area contributed by atoms with Gasteiger partial charge in [0.2, 0.25) is 0 Å². The molecular weight excluding hydrogens is 196 g/mol. The van der Waals surface area contributed by atoms with Crippen LogP contribution >= 0.6 is 23.5 Å². The summed E-state index contributed by atoms with van der Waals surface area (Å²) < 4.78 is 0.348. The summed E-state index contributed by atoms with van der Waals surface area (Å²) in [6.07, 6.45) is 10.8. The highest BCUT2D eigenvalue weighted by atomic mass is 32.2. The third kappa shape index (κ3) is 4.82. The van der Waals surface area contributed by atoms with E-state index in [1.54, 1.807) is 0 Å². The molecule has 0 nitrogen and oxygen atoms in total. The summed E-state index contributed by atoms with van der Waals surface area (Å²) in [6.45, 7) is 8.15. The maximum Gasteiger partial charge on any atom is 0.0642 e. The highest BCUT2D eigenvalue weighted by Gasteiger charge is 2.24. The molecule has 0 rings (SSSR count). The van der Waals surface area contributed by atoms with Crippen LogP contribution in [0.5, 0.6) is 0 Å². The van der Waals surface area contributed by atoms with Gasteiger partial charge in [-0.05, 0) is 26.0 Å². The summed E-state index contributed by atoms with van der Waals surface area (Å²) in [7, 11) is 0. The lowest BCUT2D eigenvalue weighted by Crippen LogP contribution is -2.17. The minimum absolute atomic E-state index is 0.348. The van der Waals surface area contributed by atoms with Gasteiger partial charge in [0.05, 0.1) is 4.08 Å². The molecule has 0 aromatic carbocycles. The lowest BCUT2D eigenvalue weighted by molar-refractivity contribution is 0.782. The van der Waals surface area contributed by atoms with E-state index >= 15 is 0 Å². The van der Waals surface area contributed by atoms with Gasteiger partial charge in [-0.1, -0.05) is 25.2 Å². The first-order chi connectivity index (χ1) is 6.24. The number of thioether (sulfide) groups is 2. The fraction of sp³-hybridized carbons (Fsp3) is 0.636. The van der Waals surface area contributed by atoms with Crippen molar-refractivity contribution in [3.63, 3.8) is 0 Å². The Morgan fingerprint density at radius 1 is 1.46 bits per heavy atom. The van der Waals surface area contributed by atoms with Gasteiger partial charge in [-0.25, -0.2) is 0 Å². The number of rotatable bonds is 7. The Kier molecular flexibility index (Phi) is 7.68. The molecule has 2 heteroatoms. The average molecular weight is 216 g/mol. The van der Waals surface area contributed by atoms with Crippen LogP contribution in [0.1, 0.15) is 26.7 Å². The molecule has 0 aliphatic carbocycles. The number of hydrogen-bond donors (Lipinski definition) is 0. The summed E-state index contributed by atoms with van der Waals surface area (Å²) in [6, 6.07) is 0. The summed E-state index contributed by atoms with van der Waals surface area (Å²) in [5.74, 6) is 1.11. The van der Waals surface area contributed by atoms with Crippen molar-refractivity contribution in [2.24, 2.45) is 0 Å². The predicted molar refractivity (Wildman–Crippen MR) is 68.6 cm³/mol. The van der Waals surface area contributed by atoms with Gasteiger partial charge in [-0.15, -0.1) is 30.1 Å². The Labute approximate surface area is 91.3 Å². The third-order valence-electron chi connectivity index (χ3n) is 2.04. The first-order valence-corrected chi connectivity index (χ1v) is 6.87. The summed E-state index contributed by atoms with van der Waals surface area (Å²) >= 11 is 3.97. The molecule has 0 bridgehead atoms. The average Bonchev–Trinajstić information content (AvgIpc) is 2.17. The van der Waals surface area contributed by atoms with Crippen LogP contribution in [0.25, 0.3) is 0 Å². The Bertz CT molecular complexity index is 157. The van der Waals surface area contributed by atoms with Crippen LogP contribution in [-0.2, 0) is 0 Å². The van der Waals surface area contributed by atoms with Crippen molar-refractivity contribution >= 4 is 23.5 Å². The molecule has 0 aliphatic rings. The van der Waals surface area contributed by atoms with E-state index in [1.807, 2.05) is 29.6 Å². The lowest BCUT2D eigenvalue weighted by atomic mass is 10.2. The SMILES string of the molecule is C=CCC(CC)(SC)SCC=CC. The van der Waals surface area contributed by atoms with E-state index in [1.165, 1.54) is 6.42 Å². The molecule has 0 aliphatic heterocycles. The first kappa shape index (κ1) is 13.2. The number of allylic oxidation sites excluding steroid dienone is 2. The predicted octanol–water partition coefficient (Wildman–Crippen LogP) is 4.34. The maximum atomic E-state index is 3.82. The Hall–Kier alpha value is 0.180. The van der Waals surface area contributed by atoms with Gasteiger partial charge in [-0.2, -0.15) is 0 Å². The van der Waals surface area contributed by atoms with Crippen LogP contribution in [0.4, 0.5) is 0 Å². The molecule has 13 heavy (non-hydrogen) atoms. The van der Waals surface area contributed by atoms with Crippen molar-refractivity contribution in [2.45, 2.75) is 30.8 Å². The summed E-state index contributed by atoms with van der Waals surface area (Å²) in [5.41, 5.74) is 0. The van der Waals surface area contributed by atoms with Crippen LogP contribution in [0.3, 0.4) is 0 Å². The zero-order valence-electron chi connectivity index (χ0n) is 8.88. The second-order valence-electron chi connectivity index (χ2n) is 2.84. The maximum absolute atomic E-state index is 3.82. The minimum atomic E-state index is 0.348. The third-order valence-corrected chi connectivity index (χ3v) is 5.44. The van der Waals surface area contributed by atoms with E-state index in [0.29, 0.717) is 4.08 Å². The molecular formula is C11H20S2. The zero-order valence-corrected chi connectivity index (χ0v) is 10.5. The van der Waals surface area contributed by atoms with E-state index in [2.05, 4.69) is 38.8 Å². The fourth-order valence-corrected chi connectivity index (χ4v) is 3.39. The molecule has 0 fully saturated rings. The van der Waals surface area contributed by atoms with Crippen LogP contribution in [0.2, 0.25) is 0 Å². The van der Waals surface area contributed by atoms with Crippen molar-refractivity contribution in [1.29, 1.82) is 0 Å². The van der Waals surface area contributed by atoms with Gasteiger partial charge in [-0.3, -0.25) is 0 Å². The van der Waals surface area contributed by atoms with Gasteiger partial charge in [0, 0.05) is 5.75 Å². The molecule has 0 saturated heterocycles. The molecule has 0 saturated carbocycles. The highest BCUT2D eigenvalue weighted by molar-refractivity contribution is 8.18. The smallest absolute Gasteiger partial charge is 0.0642 e. The molecule has 0 aromatic rings. The molecule has 1 unspecified atom stereocenters. The summed E-state index contributed by atoms with van der Waals surface area (Å²) in [5, 5.41) is 0. The van der Waals surface area contributed by atoms with Gasteiger partial charge in [0.25, 0.3) is 0 Å². The van der Waals surface area contributed by atoms with E-state index in [4.69, 9.17) is 0 Å². The molecule has 0 spiro atoms. The van der Waals surface area contributed by atoms with Crippen molar-refractivity contribution < 1.29 is 0 Å². The molecule has 76 valence electrons. The largest absolute Gasteiger partial charge is 0.147 e.